The second-order valence-corrected chi connectivity index (χ2v) is 7.89. The summed E-state index contributed by atoms with van der Waals surface area (Å²) in [7, 11) is 1.69. The van der Waals surface area contributed by atoms with Crippen LogP contribution in [0.3, 0.4) is 0 Å². The lowest BCUT2D eigenvalue weighted by Gasteiger charge is -2.37. The van der Waals surface area contributed by atoms with Gasteiger partial charge >= 0.3 is 0 Å². The molecular weight excluding hydrogens is 377 g/mol. The van der Waals surface area contributed by atoms with Crippen LogP contribution in [0.15, 0.2) is 12.1 Å². The minimum atomic E-state index is -0.377. The molecule has 8 heteroatoms. The van der Waals surface area contributed by atoms with Gasteiger partial charge in [-0.2, -0.15) is 0 Å². The van der Waals surface area contributed by atoms with Crippen molar-refractivity contribution in [2.75, 3.05) is 20.1 Å². The van der Waals surface area contributed by atoms with Crippen LogP contribution < -0.4 is 5.73 Å². The van der Waals surface area contributed by atoms with Gasteiger partial charge in [0.2, 0.25) is 11.8 Å². The lowest BCUT2D eigenvalue weighted by atomic mass is 9.85. The second kappa shape index (κ2) is 7.62. The maximum atomic E-state index is 12.7. The first-order chi connectivity index (χ1) is 12.3. The van der Waals surface area contributed by atoms with Gasteiger partial charge in [-0.25, -0.2) is 0 Å². The number of phenolic OH excluding ortho intramolecular Hbond substituents is 1. The van der Waals surface area contributed by atoms with E-state index >= 15 is 0 Å². The highest BCUT2D eigenvalue weighted by molar-refractivity contribution is 6.42. The minimum absolute atomic E-state index is 0.0164. The van der Waals surface area contributed by atoms with Gasteiger partial charge in [-0.1, -0.05) is 23.2 Å². The summed E-state index contributed by atoms with van der Waals surface area (Å²) in [6, 6.07) is 2.30. The molecule has 2 saturated heterocycles. The Bertz CT molecular complexity index is 720. The zero-order valence-electron chi connectivity index (χ0n) is 14.6. The number of carbonyl (C=O) groups is 2. The fraction of sp³-hybridized carbons (Fsp3) is 0.556. The van der Waals surface area contributed by atoms with Crippen molar-refractivity contribution in [1.29, 1.82) is 0 Å². The molecule has 2 aliphatic rings. The predicted molar refractivity (Wildman–Crippen MR) is 100 cm³/mol. The Morgan fingerprint density at radius 1 is 1.23 bits per heavy atom. The van der Waals surface area contributed by atoms with E-state index < -0.39 is 0 Å². The Kier molecular flexibility index (Phi) is 5.65. The number of benzene rings is 1. The number of hydrogen-bond acceptors (Lipinski definition) is 4. The van der Waals surface area contributed by atoms with Crippen molar-refractivity contribution in [2.24, 2.45) is 11.7 Å². The number of likely N-dealkylation sites (tertiary alicyclic amines) is 2. The summed E-state index contributed by atoms with van der Waals surface area (Å²) in [6.45, 7) is 1.19. The fourth-order valence-corrected chi connectivity index (χ4v) is 4.19. The van der Waals surface area contributed by atoms with Crippen LogP contribution in [0.4, 0.5) is 0 Å². The predicted octanol–water partition coefficient (Wildman–Crippen LogP) is 2.56. The molecule has 2 heterocycles. The molecule has 0 radical (unpaired) electrons. The molecule has 6 nitrogen and oxygen atoms in total. The number of nitrogens with two attached hydrogens (primary N) is 1. The highest BCUT2D eigenvalue weighted by Gasteiger charge is 2.37. The van der Waals surface area contributed by atoms with Gasteiger partial charge in [0.1, 0.15) is 11.8 Å². The number of piperidine rings is 1. The van der Waals surface area contributed by atoms with Crippen molar-refractivity contribution >= 4 is 35.0 Å². The van der Waals surface area contributed by atoms with Gasteiger partial charge in [0.15, 0.2) is 0 Å². The van der Waals surface area contributed by atoms with E-state index in [1.54, 1.807) is 18.0 Å². The lowest BCUT2D eigenvalue weighted by molar-refractivity contribution is -0.141. The number of halogens is 2. The summed E-state index contributed by atoms with van der Waals surface area (Å²) >= 11 is 12.0. The number of amides is 2. The lowest BCUT2D eigenvalue weighted by Crippen LogP contribution is -2.48. The zero-order chi connectivity index (χ0) is 19.0. The normalized spacial score (nSPS) is 22.8. The fourth-order valence-electron chi connectivity index (χ4n) is 3.86. The van der Waals surface area contributed by atoms with Crippen molar-refractivity contribution in [2.45, 2.75) is 37.8 Å². The Balaban J connectivity index is 1.62. The van der Waals surface area contributed by atoms with Crippen LogP contribution in [-0.2, 0) is 9.59 Å². The van der Waals surface area contributed by atoms with Crippen molar-refractivity contribution < 1.29 is 14.7 Å². The van der Waals surface area contributed by atoms with Crippen LogP contribution in [0.5, 0.6) is 5.75 Å². The third kappa shape index (κ3) is 3.63. The van der Waals surface area contributed by atoms with Crippen LogP contribution in [0.25, 0.3) is 0 Å². The molecular formula is C18H23Cl2N3O3. The Labute approximate surface area is 162 Å². The summed E-state index contributed by atoms with van der Waals surface area (Å²) in [5, 5.41) is 10.8. The number of nitrogens with zero attached hydrogens (tertiary/aromatic N) is 2. The van der Waals surface area contributed by atoms with Crippen LogP contribution in [0.1, 0.15) is 37.3 Å². The number of aromatic hydroxyl groups is 1. The van der Waals surface area contributed by atoms with Crippen molar-refractivity contribution in [3.05, 3.63) is 27.7 Å². The number of phenols is 1. The van der Waals surface area contributed by atoms with Crippen molar-refractivity contribution in [3.8, 4) is 5.75 Å². The van der Waals surface area contributed by atoms with E-state index in [0.717, 1.165) is 12.8 Å². The molecule has 26 heavy (non-hydrogen) atoms. The highest BCUT2D eigenvalue weighted by atomic mass is 35.5. The molecule has 0 unspecified atom stereocenters. The average molecular weight is 400 g/mol. The van der Waals surface area contributed by atoms with E-state index in [1.807, 2.05) is 4.90 Å². The number of hydrogen-bond donors (Lipinski definition) is 2. The van der Waals surface area contributed by atoms with Gasteiger partial charge in [0.25, 0.3) is 0 Å². The van der Waals surface area contributed by atoms with E-state index in [4.69, 9.17) is 28.9 Å². The molecule has 3 N–H and O–H groups in total. The van der Waals surface area contributed by atoms with E-state index in [9.17, 15) is 14.7 Å². The molecule has 142 valence electrons. The van der Waals surface area contributed by atoms with Crippen molar-refractivity contribution in [3.63, 3.8) is 0 Å². The van der Waals surface area contributed by atoms with Gasteiger partial charge in [0, 0.05) is 44.2 Å². The molecule has 2 fully saturated rings. The molecule has 2 atom stereocenters. The molecule has 1 aromatic carbocycles. The van der Waals surface area contributed by atoms with Gasteiger partial charge in [0.05, 0.1) is 10.0 Å². The van der Waals surface area contributed by atoms with Gasteiger partial charge < -0.3 is 20.6 Å². The van der Waals surface area contributed by atoms with Gasteiger partial charge in [-0.3, -0.25) is 9.59 Å². The minimum Gasteiger partial charge on any atom is -0.508 e. The monoisotopic (exact) mass is 399 g/mol. The third-order valence-corrected chi connectivity index (χ3v) is 6.29. The molecule has 2 amide bonds. The Morgan fingerprint density at radius 3 is 2.42 bits per heavy atom. The second-order valence-electron chi connectivity index (χ2n) is 7.07. The third-order valence-electron chi connectivity index (χ3n) is 5.57. The quantitative estimate of drug-likeness (QED) is 0.817. The largest absolute Gasteiger partial charge is 0.508 e. The summed E-state index contributed by atoms with van der Waals surface area (Å²) in [6.07, 6.45) is 2.49. The molecule has 3 rings (SSSR count). The summed E-state index contributed by atoms with van der Waals surface area (Å²) in [5.74, 6) is 0.208. The summed E-state index contributed by atoms with van der Waals surface area (Å²) in [5.41, 5.74) is 6.93. The Morgan fingerprint density at radius 2 is 1.85 bits per heavy atom. The summed E-state index contributed by atoms with van der Waals surface area (Å²) < 4.78 is 0. The number of carbonyl (C=O) groups excluding carboxylic acids is 2. The van der Waals surface area contributed by atoms with Crippen LogP contribution >= 0.6 is 23.2 Å². The number of likely N-dealkylation sites (N-methyl/N-ethyl adjacent to an activating group) is 1. The zero-order valence-corrected chi connectivity index (χ0v) is 16.1. The SMILES string of the molecule is CN1C(=O)CC[C@H]1C(=O)N1CCC([C@@H](N)c2cc(Cl)c(Cl)cc2O)CC1. The molecule has 0 aromatic heterocycles. The van der Waals surface area contributed by atoms with Gasteiger partial charge in [-0.15, -0.1) is 0 Å². The molecule has 0 aliphatic carbocycles. The van der Waals surface area contributed by atoms with E-state index in [0.29, 0.717) is 36.5 Å². The standard InChI is InChI=1S/C18H23Cl2N3O3/c1-22-14(2-3-16(22)25)18(26)23-6-4-10(5-7-23)17(21)11-8-12(19)13(20)9-15(11)24/h8-10,14,17,24H,2-7,21H2,1H3/t14-,17+/m0/s1. The van der Waals surface area contributed by atoms with Crippen LogP contribution in [0, 0.1) is 5.92 Å². The van der Waals surface area contributed by atoms with Gasteiger partial charge in [-0.05, 0) is 31.2 Å². The Hall–Kier alpha value is -1.50. The average Bonchev–Trinajstić information content (AvgIpc) is 2.96. The molecule has 0 saturated carbocycles. The molecule has 0 spiro atoms. The first-order valence-corrected chi connectivity index (χ1v) is 9.53. The molecule has 0 bridgehead atoms. The highest BCUT2D eigenvalue weighted by Crippen LogP contribution is 2.38. The maximum absolute atomic E-state index is 12.7. The smallest absolute Gasteiger partial charge is 0.245 e. The van der Waals surface area contributed by atoms with E-state index in [2.05, 4.69) is 0 Å². The van der Waals surface area contributed by atoms with Crippen LogP contribution in [0.2, 0.25) is 10.0 Å². The first-order valence-electron chi connectivity index (χ1n) is 8.77. The van der Waals surface area contributed by atoms with Crippen molar-refractivity contribution in [1.82, 2.24) is 9.80 Å². The summed E-state index contributed by atoms with van der Waals surface area (Å²) in [4.78, 5) is 27.7. The topological polar surface area (TPSA) is 86.9 Å². The number of rotatable bonds is 3. The molecule has 1 aromatic rings. The van der Waals surface area contributed by atoms with E-state index in [1.165, 1.54) is 6.07 Å². The van der Waals surface area contributed by atoms with E-state index in [-0.39, 0.29) is 40.6 Å². The van der Waals surface area contributed by atoms with Crippen LogP contribution in [-0.4, -0.2) is 52.9 Å². The first kappa shape index (κ1) is 19.3. The maximum Gasteiger partial charge on any atom is 0.245 e. The molecule has 2 aliphatic heterocycles.